The lowest BCUT2D eigenvalue weighted by molar-refractivity contribution is -0.0621. The van der Waals surface area contributed by atoms with Crippen LogP contribution in [-0.2, 0) is 0 Å². The summed E-state index contributed by atoms with van der Waals surface area (Å²) in [5.74, 6) is 2.93. The molecule has 0 radical (unpaired) electrons. The Bertz CT molecular complexity index is 315. The predicted octanol–water partition coefficient (Wildman–Crippen LogP) is 2.92. The highest BCUT2D eigenvalue weighted by Gasteiger charge is 2.52. The van der Waals surface area contributed by atoms with Crippen molar-refractivity contribution in [2.24, 2.45) is 17.8 Å². The molecular weight excluding hydrogens is 196 g/mol. The zero-order valence-corrected chi connectivity index (χ0v) is 10.0. The molecule has 0 amide bonds. The second kappa shape index (κ2) is 3.52. The van der Waals surface area contributed by atoms with Crippen LogP contribution in [0.5, 0.6) is 0 Å². The van der Waals surface area contributed by atoms with Gasteiger partial charge in [0.2, 0.25) is 0 Å². The predicted molar refractivity (Wildman–Crippen MR) is 63.4 cm³/mol. The first-order chi connectivity index (χ1) is 7.72. The van der Waals surface area contributed by atoms with Crippen LogP contribution in [0.15, 0.2) is 12.3 Å². The first-order valence-electron chi connectivity index (χ1n) is 6.51. The SMILES string of the molecule is CN(/C=C/C#N)C12CC3CC(CC(C3)C1)C2. The number of hydrogen-bond donors (Lipinski definition) is 0. The fourth-order valence-corrected chi connectivity index (χ4v) is 4.80. The first kappa shape index (κ1) is 10.2. The monoisotopic (exact) mass is 216 g/mol. The smallest absolute Gasteiger partial charge is 0.0927 e. The standard InChI is InChI=1S/C14H20N2/c1-16(4-2-3-15)14-8-11-5-12(9-14)7-13(6-11)10-14/h2,4,11-13H,5-10H2,1H3/b4-2+. The van der Waals surface area contributed by atoms with Crippen molar-refractivity contribution < 1.29 is 0 Å². The molecule has 0 aromatic rings. The van der Waals surface area contributed by atoms with E-state index in [4.69, 9.17) is 5.26 Å². The first-order valence-corrected chi connectivity index (χ1v) is 6.51. The van der Waals surface area contributed by atoms with E-state index in [1.54, 1.807) is 6.08 Å². The summed E-state index contributed by atoms with van der Waals surface area (Å²) in [6, 6.07) is 2.11. The topological polar surface area (TPSA) is 27.0 Å². The van der Waals surface area contributed by atoms with Gasteiger partial charge < -0.3 is 4.90 Å². The summed E-state index contributed by atoms with van der Waals surface area (Å²) in [5.41, 5.74) is 0.405. The van der Waals surface area contributed by atoms with Crippen molar-refractivity contribution in [3.63, 3.8) is 0 Å². The lowest BCUT2D eigenvalue weighted by Crippen LogP contribution is -2.57. The van der Waals surface area contributed by atoms with Crippen LogP contribution in [0.1, 0.15) is 38.5 Å². The van der Waals surface area contributed by atoms with Crippen LogP contribution in [0.25, 0.3) is 0 Å². The van der Waals surface area contributed by atoms with Crippen molar-refractivity contribution in [2.45, 2.75) is 44.1 Å². The summed E-state index contributed by atoms with van der Waals surface area (Å²) in [7, 11) is 2.17. The molecule has 0 atom stereocenters. The maximum Gasteiger partial charge on any atom is 0.0927 e. The summed E-state index contributed by atoms with van der Waals surface area (Å²) in [6.45, 7) is 0. The minimum absolute atomic E-state index is 0.405. The highest BCUT2D eigenvalue weighted by Crippen LogP contribution is 2.57. The summed E-state index contributed by atoms with van der Waals surface area (Å²) >= 11 is 0. The summed E-state index contributed by atoms with van der Waals surface area (Å²) in [5, 5.41) is 8.63. The van der Waals surface area contributed by atoms with Crippen LogP contribution < -0.4 is 0 Å². The van der Waals surface area contributed by atoms with E-state index in [1.807, 2.05) is 6.20 Å². The van der Waals surface area contributed by atoms with Crippen LogP contribution in [-0.4, -0.2) is 17.5 Å². The molecule has 86 valence electrons. The van der Waals surface area contributed by atoms with Gasteiger partial charge in [-0.05, 0) is 56.3 Å². The molecule has 4 aliphatic carbocycles. The van der Waals surface area contributed by atoms with Crippen LogP contribution in [0.2, 0.25) is 0 Å². The van der Waals surface area contributed by atoms with Gasteiger partial charge in [-0.3, -0.25) is 0 Å². The van der Waals surface area contributed by atoms with Crippen LogP contribution in [0, 0.1) is 29.1 Å². The van der Waals surface area contributed by atoms with E-state index in [1.165, 1.54) is 38.5 Å². The number of nitriles is 1. The molecule has 2 nitrogen and oxygen atoms in total. The van der Waals surface area contributed by atoms with E-state index in [0.717, 1.165) is 17.8 Å². The van der Waals surface area contributed by atoms with Gasteiger partial charge in [0.05, 0.1) is 6.07 Å². The second-order valence-corrected chi connectivity index (χ2v) is 6.20. The molecule has 4 bridgehead atoms. The van der Waals surface area contributed by atoms with Crippen molar-refractivity contribution in [1.29, 1.82) is 5.26 Å². The molecule has 0 aromatic heterocycles. The molecule has 2 heteroatoms. The third-order valence-corrected chi connectivity index (χ3v) is 5.13. The van der Waals surface area contributed by atoms with E-state index >= 15 is 0 Å². The largest absolute Gasteiger partial charge is 0.374 e. The van der Waals surface area contributed by atoms with E-state index in [0.29, 0.717) is 5.54 Å². The Morgan fingerprint density at radius 3 is 2.06 bits per heavy atom. The molecule has 0 heterocycles. The Labute approximate surface area is 97.9 Å². The number of allylic oxidation sites excluding steroid dienone is 1. The minimum Gasteiger partial charge on any atom is -0.374 e. The Balaban J connectivity index is 1.83. The van der Waals surface area contributed by atoms with Crippen LogP contribution in [0.4, 0.5) is 0 Å². The lowest BCUT2D eigenvalue weighted by atomic mass is 9.52. The van der Waals surface area contributed by atoms with Crippen molar-refractivity contribution in [1.82, 2.24) is 4.90 Å². The molecule has 16 heavy (non-hydrogen) atoms. The molecule has 4 rings (SSSR count). The number of rotatable bonds is 2. The average molecular weight is 216 g/mol. The lowest BCUT2D eigenvalue weighted by Gasteiger charge is -2.59. The zero-order valence-electron chi connectivity index (χ0n) is 10.0. The third kappa shape index (κ3) is 1.45. The van der Waals surface area contributed by atoms with E-state index in [-0.39, 0.29) is 0 Å². The fourth-order valence-electron chi connectivity index (χ4n) is 4.80. The van der Waals surface area contributed by atoms with Gasteiger partial charge in [-0.1, -0.05) is 0 Å². The zero-order chi connectivity index (χ0) is 11.2. The van der Waals surface area contributed by atoms with Gasteiger partial charge in [0.15, 0.2) is 0 Å². The van der Waals surface area contributed by atoms with Crippen LogP contribution >= 0.6 is 0 Å². The van der Waals surface area contributed by atoms with Gasteiger partial charge in [-0.15, -0.1) is 0 Å². The van der Waals surface area contributed by atoms with Gasteiger partial charge in [0.1, 0.15) is 0 Å². The maximum atomic E-state index is 8.63. The van der Waals surface area contributed by atoms with Crippen LogP contribution in [0.3, 0.4) is 0 Å². The molecular formula is C14H20N2. The van der Waals surface area contributed by atoms with Gasteiger partial charge in [0, 0.05) is 24.9 Å². The molecule has 0 unspecified atom stereocenters. The van der Waals surface area contributed by atoms with Gasteiger partial charge >= 0.3 is 0 Å². The second-order valence-electron chi connectivity index (χ2n) is 6.20. The Hall–Kier alpha value is -0.970. The molecule has 4 fully saturated rings. The molecule has 4 aliphatic rings. The molecule has 0 aliphatic heterocycles. The normalized spacial score (nSPS) is 44.9. The Morgan fingerprint density at radius 2 is 1.62 bits per heavy atom. The van der Waals surface area contributed by atoms with E-state index in [2.05, 4.69) is 18.0 Å². The van der Waals surface area contributed by atoms with Gasteiger partial charge in [-0.2, -0.15) is 5.26 Å². The maximum absolute atomic E-state index is 8.63. The average Bonchev–Trinajstić information content (AvgIpc) is 2.24. The summed E-state index contributed by atoms with van der Waals surface area (Å²) in [6.07, 6.45) is 12.2. The number of nitrogens with zero attached hydrogens (tertiary/aromatic N) is 2. The summed E-state index contributed by atoms with van der Waals surface area (Å²) < 4.78 is 0. The quantitative estimate of drug-likeness (QED) is 0.664. The number of hydrogen-bond acceptors (Lipinski definition) is 2. The van der Waals surface area contributed by atoms with E-state index < -0.39 is 0 Å². The third-order valence-electron chi connectivity index (χ3n) is 5.13. The van der Waals surface area contributed by atoms with Gasteiger partial charge in [-0.25, -0.2) is 0 Å². The van der Waals surface area contributed by atoms with Crippen molar-refractivity contribution in [3.8, 4) is 6.07 Å². The molecule has 0 saturated heterocycles. The van der Waals surface area contributed by atoms with Crippen molar-refractivity contribution in [3.05, 3.63) is 12.3 Å². The van der Waals surface area contributed by atoms with Gasteiger partial charge in [0.25, 0.3) is 0 Å². The molecule has 0 spiro atoms. The molecule has 0 aromatic carbocycles. The molecule has 0 N–H and O–H groups in total. The highest BCUT2D eigenvalue weighted by atomic mass is 15.2. The minimum atomic E-state index is 0.405. The fraction of sp³-hybridized carbons (Fsp3) is 0.786. The summed E-state index contributed by atoms with van der Waals surface area (Å²) in [4.78, 5) is 2.35. The molecule has 4 saturated carbocycles. The van der Waals surface area contributed by atoms with Crippen molar-refractivity contribution >= 4 is 0 Å². The van der Waals surface area contributed by atoms with Crippen molar-refractivity contribution in [2.75, 3.05) is 7.05 Å². The highest BCUT2D eigenvalue weighted by molar-refractivity contribution is 5.11. The Kier molecular flexibility index (Phi) is 2.24. The van der Waals surface area contributed by atoms with E-state index in [9.17, 15) is 0 Å². The Morgan fingerprint density at radius 1 is 1.12 bits per heavy atom.